The minimum Gasteiger partial charge on any atom is -0.389 e. The summed E-state index contributed by atoms with van der Waals surface area (Å²) in [6.07, 6.45) is 4.51. The molecule has 0 amide bonds. The summed E-state index contributed by atoms with van der Waals surface area (Å²) >= 11 is 5.07. The summed E-state index contributed by atoms with van der Waals surface area (Å²) in [6, 6.07) is 3.90. The van der Waals surface area contributed by atoms with Crippen LogP contribution in [0.5, 0.6) is 0 Å². The van der Waals surface area contributed by atoms with E-state index < -0.39 is 0 Å². The topological polar surface area (TPSA) is 68.8 Å². The fourth-order valence-corrected chi connectivity index (χ4v) is 2.17. The Morgan fingerprint density at radius 1 is 1.47 bits per heavy atom. The van der Waals surface area contributed by atoms with Gasteiger partial charge in [0.15, 0.2) is 0 Å². The summed E-state index contributed by atoms with van der Waals surface area (Å²) in [7, 11) is 1.91. The van der Waals surface area contributed by atoms with Gasteiger partial charge in [0.25, 0.3) is 0 Å². The Kier molecular flexibility index (Phi) is 4.11. The SMILES string of the molecule is Cc1ccnc(NCCc2ccn(C)n2)c1C(N)=S. The van der Waals surface area contributed by atoms with Gasteiger partial charge in [0.2, 0.25) is 0 Å². The van der Waals surface area contributed by atoms with E-state index in [1.807, 2.05) is 32.3 Å². The first-order valence-electron chi connectivity index (χ1n) is 6.05. The van der Waals surface area contributed by atoms with Gasteiger partial charge in [-0.25, -0.2) is 4.98 Å². The highest BCUT2D eigenvalue weighted by molar-refractivity contribution is 7.80. The number of anilines is 1. The highest BCUT2D eigenvalue weighted by atomic mass is 32.1. The maximum atomic E-state index is 5.74. The summed E-state index contributed by atoms with van der Waals surface area (Å²) in [4.78, 5) is 4.66. The first kappa shape index (κ1) is 13.5. The highest BCUT2D eigenvalue weighted by Gasteiger charge is 2.09. The molecule has 5 nitrogen and oxygen atoms in total. The van der Waals surface area contributed by atoms with Gasteiger partial charge in [-0.05, 0) is 24.6 Å². The van der Waals surface area contributed by atoms with E-state index in [4.69, 9.17) is 18.0 Å². The molecule has 19 heavy (non-hydrogen) atoms. The van der Waals surface area contributed by atoms with Crippen molar-refractivity contribution in [3.05, 3.63) is 41.3 Å². The van der Waals surface area contributed by atoms with Crippen molar-refractivity contribution in [2.45, 2.75) is 13.3 Å². The van der Waals surface area contributed by atoms with Crippen molar-refractivity contribution < 1.29 is 0 Å². The van der Waals surface area contributed by atoms with E-state index in [9.17, 15) is 0 Å². The Morgan fingerprint density at radius 2 is 2.26 bits per heavy atom. The summed E-state index contributed by atoms with van der Waals surface area (Å²) in [5.41, 5.74) is 8.63. The molecule has 100 valence electrons. The molecule has 0 radical (unpaired) electrons. The number of rotatable bonds is 5. The van der Waals surface area contributed by atoms with Crippen LogP contribution in [0.1, 0.15) is 16.8 Å². The predicted molar refractivity (Wildman–Crippen MR) is 80.3 cm³/mol. The van der Waals surface area contributed by atoms with Gasteiger partial charge >= 0.3 is 0 Å². The van der Waals surface area contributed by atoms with Crippen molar-refractivity contribution in [1.29, 1.82) is 0 Å². The maximum absolute atomic E-state index is 5.74. The normalized spacial score (nSPS) is 10.4. The van der Waals surface area contributed by atoms with Crippen LogP contribution in [0.2, 0.25) is 0 Å². The van der Waals surface area contributed by atoms with E-state index in [0.717, 1.165) is 35.6 Å². The van der Waals surface area contributed by atoms with Crippen LogP contribution >= 0.6 is 12.2 Å². The van der Waals surface area contributed by atoms with E-state index in [0.29, 0.717) is 4.99 Å². The standard InChI is InChI=1S/C13H17N5S/c1-9-3-6-15-13(11(9)12(14)19)16-7-4-10-5-8-18(2)17-10/h3,5-6,8H,4,7H2,1-2H3,(H2,14,19)(H,15,16). The molecule has 0 fully saturated rings. The Morgan fingerprint density at radius 3 is 2.89 bits per heavy atom. The van der Waals surface area contributed by atoms with Gasteiger partial charge < -0.3 is 11.1 Å². The van der Waals surface area contributed by atoms with Crippen LogP contribution in [0.15, 0.2) is 24.5 Å². The van der Waals surface area contributed by atoms with Crippen LogP contribution in [0.3, 0.4) is 0 Å². The molecule has 2 aromatic heterocycles. The number of aromatic nitrogens is 3. The van der Waals surface area contributed by atoms with E-state index in [1.165, 1.54) is 0 Å². The van der Waals surface area contributed by atoms with Gasteiger partial charge in [0, 0.05) is 32.4 Å². The molecule has 0 aliphatic rings. The molecule has 0 saturated heterocycles. The average Bonchev–Trinajstić information content (AvgIpc) is 2.74. The number of aryl methyl sites for hydroxylation is 2. The predicted octanol–water partition coefficient (Wildman–Crippen LogP) is 1.41. The smallest absolute Gasteiger partial charge is 0.136 e. The lowest BCUT2D eigenvalue weighted by molar-refractivity contribution is 0.742. The van der Waals surface area contributed by atoms with Crippen LogP contribution < -0.4 is 11.1 Å². The molecule has 0 aliphatic heterocycles. The number of nitrogens with two attached hydrogens (primary N) is 1. The number of hydrogen-bond donors (Lipinski definition) is 2. The second kappa shape index (κ2) is 5.79. The maximum Gasteiger partial charge on any atom is 0.136 e. The van der Waals surface area contributed by atoms with E-state index in [-0.39, 0.29) is 0 Å². The minimum absolute atomic E-state index is 0.367. The summed E-state index contributed by atoms with van der Waals surface area (Å²) < 4.78 is 1.79. The third kappa shape index (κ3) is 3.29. The minimum atomic E-state index is 0.367. The van der Waals surface area contributed by atoms with Crippen LogP contribution in [0.25, 0.3) is 0 Å². The van der Waals surface area contributed by atoms with Crippen molar-refractivity contribution in [3.63, 3.8) is 0 Å². The molecule has 0 atom stereocenters. The summed E-state index contributed by atoms with van der Waals surface area (Å²) in [6.45, 7) is 2.71. The van der Waals surface area contributed by atoms with Crippen molar-refractivity contribution in [3.8, 4) is 0 Å². The monoisotopic (exact) mass is 275 g/mol. The van der Waals surface area contributed by atoms with Gasteiger partial charge in [-0.15, -0.1) is 0 Å². The van der Waals surface area contributed by atoms with Crippen LogP contribution in [-0.2, 0) is 13.5 Å². The molecular formula is C13H17N5S. The quantitative estimate of drug-likeness (QED) is 0.808. The lowest BCUT2D eigenvalue weighted by Gasteiger charge is -2.11. The van der Waals surface area contributed by atoms with E-state index >= 15 is 0 Å². The van der Waals surface area contributed by atoms with Crippen LogP contribution in [-0.4, -0.2) is 26.3 Å². The molecule has 0 spiro atoms. The second-order valence-corrected chi connectivity index (χ2v) is 4.81. The zero-order valence-corrected chi connectivity index (χ0v) is 11.9. The second-order valence-electron chi connectivity index (χ2n) is 4.37. The number of nitrogens with one attached hydrogen (secondary N) is 1. The first-order valence-corrected chi connectivity index (χ1v) is 6.46. The van der Waals surface area contributed by atoms with E-state index in [2.05, 4.69) is 15.4 Å². The zero-order valence-electron chi connectivity index (χ0n) is 11.1. The van der Waals surface area contributed by atoms with Gasteiger partial charge in [0.1, 0.15) is 10.8 Å². The number of nitrogens with zero attached hydrogens (tertiary/aromatic N) is 3. The number of pyridine rings is 1. The highest BCUT2D eigenvalue weighted by Crippen LogP contribution is 2.16. The number of thiocarbonyl (C=S) groups is 1. The molecule has 3 N–H and O–H groups in total. The average molecular weight is 275 g/mol. The molecule has 0 bridgehead atoms. The van der Waals surface area contributed by atoms with Gasteiger partial charge in [-0.1, -0.05) is 12.2 Å². The Bertz CT molecular complexity index is 590. The van der Waals surface area contributed by atoms with Crippen LogP contribution in [0, 0.1) is 6.92 Å². The van der Waals surface area contributed by atoms with Crippen molar-refractivity contribution in [2.75, 3.05) is 11.9 Å². The molecular weight excluding hydrogens is 258 g/mol. The molecule has 6 heteroatoms. The lowest BCUT2D eigenvalue weighted by Crippen LogP contribution is -2.17. The van der Waals surface area contributed by atoms with Crippen LogP contribution in [0.4, 0.5) is 5.82 Å². The zero-order chi connectivity index (χ0) is 13.8. The Balaban J connectivity index is 2.03. The molecule has 0 saturated carbocycles. The van der Waals surface area contributed by atoms with Crippen molar-refractivity contribution in [2.24, 2.45) is 12.8 Å². The molecule has 0 aromatic carbocycles. The fraction of sp³-hybridized carbons (Fsp3) is 0.308. The van der Waals surface area contributed by atoms with Crippen molar-refractivity contribution in [1.82, 2.24) is 14.8 Å². The molecule has 0 unspecified atom stereocenters. The van der Waals surface area contributed by atoms with Gasteiger partial charge in [-0.2, -0.15) is 5.10 Å². The summed E-state index contributed by atoms with van der Waals surface area (Å²) in [5, 5.41) is 7.59. The van der Waals surface area contributed by atoms with E-state index in [1.54, 1.807) is 10.9 Å². The Hall–Kier alpha value is -1.95. The fourth-order valence-electron chi connectivity index (χ4n) is 1.91. The number of hydrogen-bond acceptors (Lipinski definition) is 4. The lowest BCUT2D eigenvalue weighted by atomic mass is 10.1. The molecule has 2 rings (SSSR count). The molecule has 0 aliphatic carbocycles. The van der Waals surface area contributed by atoms with Crippen molar-refractivity contribution >= 4 is 23.0 Å². The third-order valence-corrected chi connectivity index (χ3v) is 3.05. The molecule has 2 aromatic rings. The van der Waals surface area contributed by atoms with Gasteiger partial charge in [-0.3, -0.25) is 4.68 Å². The van der Waals surface area contributed by atoms with Gasteiger partial charge in [0.05, 0.1) is 11.3 Å². The molecule has 2 heterocycles. The largest absolute Gasteiger partial charge is 0.389 e. The third-order valence-electron chi connectivity index (χ3n) is 2.85. The Labute approximate surface area is 117 Å². The first-order chi connectivity index (χ1) is 9.08. The summed E-state index contributed by atoms with van der Waals surface area (Å²) in [5.74, 6) is 0.739.